The number of thiazole rings is 1. The van der Waals surface area contributed by atoms with E-state index in [9.17, 15) is 57.5 Å². The van der Waals surface area contributed by atoms with Crippen LogP contribution in [0, 0.1) is 5.92 Å². The lowest BCUT2D eigenvalue weighted by Gasteiger charge is -2.33. The number of aliphatic hydroxyl groups excluding tert-OH is 2. The summed E-state index contributed by atoms with van der Waals surface area (Å²) < 4.78 is 13.7. The van der Waals surface area contributed by atoms with Crippen molar-refractivity contribution in [3.05, 3.63) is 342 Å². The maximum Gasteiger partial charge on any atom is 0.274 e. The number of rotatable bonds is 24. The van der Waals surface area contributed by atoms with Crippen LogP contribution in [0.1, 0.15) is 158 Å². The van der Waals surface area contributed by atoms with E-state index < -0.39 is 53.9 Å². The lowest BCUT2D eigenvalue weighted by Crippen LogP contribution is -2.41. The van der Waals surface area contributed by atoms with Crippen LogP contribution < -0.4 is 60.2 Å². The predicted molar refractivity (Wildman–Crippen MR) is 536 cm³/mol. The van der Waals surface area contributed by atoms with Gasteiger partial charge in [-0.1, -0.05) is 142 Å². The number of aliphatic hydroxyl groups is 2. The third-order valence-electron chi connectivity index (χ3n) is 24.0. The zero-order chi connectivity index (χ0) is 102. The van der Waals surface area contributed by atoms with Crippen molar-refractivity contribution in [2.75, 3.05) is 71.2 Å². The Kier molecular flexibility index (Phi) is 34.7. The number of nitrogens with zero attached hydrogens (tertiary/aromatic N) is 10. The number of hydrogen-bond acceptors (Lipinski definition) is 29. The number of carbonyl (C=O) groups excluding carboxylic acids is 6. The molecule has 1 saturated heterocycles. The zero-order valence-corrected chi connectivity index (χ0v) is 79.8. The predicted octanol–water partition coefficient (Wildman–Crippen LogP) is 11.5. The second-order valence-electron chi connectivity index (χ2n) is 34.1. The molecular weight excluding hydrogens is 1860 g/mol. The summed E-state index contributed by atoms with van der Waals surface area (Å²) in [5.41, 5.74) is 11.5. The molecule has 9 aromatic carbocycles. The SMILES string of the molecule is CC(C)(c1ccccc1)n1cnc2ccc(C(=O)NO)cc2c1=O.CC(C)Cc1nc2cc(C(=O)NO)ccc2c(=O)[nH]1.CCN(CC)CC1(c2nc3cc(C(=O)NO)ccc3c(=O)[nH]2)CCCC1.COCc1cn(Cc2ccccc2)c(=O)c2cc(C(=O)NO)ccc12.O=C(CO)c1ccc2c(=O)[nH]c(-c3ccc(Cl)cc3)nc2c1.O=C(CO)c1ccc2c(=O)[nH]c(-c3cnc(N4CCOCC4)s3)nc2c1. The number of halogens is 1. The van der Waals surface area contributed by atoms with E-state index in [1.165, 1.54) is 90.5 Å². The van der Waals surface area contributed by atoms with Crippen LogP contribution in [0.5, 0.6) is 0 Å². The highest BCUT2D eigenvalue weighted by atomic mass is 35.5. The van der Waals surface area contributed by atoms with Gasteiger partial charge in [-0.2, -0.15) is 0 Å². The van der Waals surface area contributed by atoms with E-state index in [-0.39, 0.29) is 61.0 Å². The van der Waals surface area contributed by atoms with Crippen LogP contribution >= 0.6 is 22.9 Å². The highest BCUT2D eigenvalue weighted by molar-refractivity contribution is 7.18. The fourth-order valence-corrected chi connectivity index (χ4v) is 17.4. The molecule has 14 N–H and O–H groups in total. The Bertz CT molecular complexity index is 7730. The van der Waals surface area contributed by atoms with Gasteiger partial charge in [-0.25, -0.2) is 51.8 Å². The van der Waals surface area contributed by atoms with Gasteiger partial charge >= 0.3 is 0 Å². The molecule has 1 aliphatic heterocycles. The molecule has 38 nitrogen and oxygen atoms in total. The molecule has 1 aliphatic carbocycles. The molecule has 2 aliphatic rings. The summed E-state index contributed by atoms with van der Waals surface area (Å²) in [4.78, 5) is 187. The summed E-state index contributed by atoms with van der Waals surface area (Å²) in [6.07, 6.45) is 9.87. The average Bonchev–Trinajstić information content (AvgIpc) is 1.59. The molecule has 2 fully saturated rings. The largest absolute Gasteiger partial charge is 0.388 e. The monoisotopic (exact) mass is 1970 g/mol. The van der Waals surface area contributed by atoms with Crippen molar-refractivity contribution >= 4 is 129 Å². The molecule has 734 valence electrons. The van der Waals surface area contributed by atoms with E-state index >= 15 is 0 Å². The number of morpholine rings is 1. The first-order valence-corrected chi connectivity index (χ1v) is 46.3. The van der Waals surface area contributed by atoms with Gasteiger partial charge in [-0.05, 0) is 177 Å². The molecule has 0 unspecified atom stereocenters. The normalized spacial score (nSPS) is 12.7. The average molecular weight is 1970 g/mol. The van der Waals surface area contributed by atoms with Gasteiger partial charge in [0, 0.05) is 99.7 Å². The van der Waals surface area contributed by atoms with Crippen molar-refractivity contribution in [3.8, 4) is 22.1 Å². The first-order chi connectivity index (χ1) is 68.3. The molecule has 0 atom stereocenters. The summed E-state index contributed by atoms with van der Waals surface area (Å²) in [7, 11) is 1.59. The molecule has 7 aromatic heterocycles. The number of pyridine rings is 1. The number of anilines is 1. The van der Waals surface area contributed by atoms with Crippen molar-refractivity contribution in [2.24, 2.45) is 5.92 Å². The Morgan fingerprint density at radius 2 is 1.01 bits per heavy atom. The molecule has 16 aromatic rings. The smallest absolute Gasteiger partial charge is 0.274 e. The number of methoxy groups -OCH3 is 1. The number of carbonyl (C=O) groups is 6. The van der Waals surface area contributed by atoms with Crippen molar-refractivity contribution in [3.63, 3.8) is 0 Å². The summed E-state index contributed by atoms with van der Waals surface area (Å²) in [5, 5.41) is 57.5. The number of benzene rings is 9. The van der Waals surface area contributed by atoms with Crippen LogP contribution in [-0.2, 0) is 40.0 Å². The van der Waals surface area contributed by atoms with Crippen molar-refractivity contribution < 1.29 is 69.3 Å². The van der Waals surface area contributed by atoms with E-state index in [1.54, 1.807) is 111 Å². The van der Waals surface area contributed by atoms with Gasteiger partial charge in [-0.15, -0.1) is 0 Å². The van der Waals surface area contributed by atoms with Crippen LogP contribution in [0.3, 0.4) is 0 Å². The quantitative estimate of drug-likeness (QED) is 0.0152. The number of ether oxygens (including phenoxy) is 2. The lowest BCUT2D eigenvalue weighted by atomic mass is 9.84. The molecule has 0 radical (unpaired) electrons. The Morgan fingerprint density at radius 1 is 0.535 bits per heavy atom. The minimum atomic E-state index is -0.672. The third kappa shape index (κ3) is 24.6. The molecule has 1 saturated carbocycles. The highest BCUT2D eigenvalue weighted by Crippen LogP contribution is 2.41. The van der Waals surface area contributed by atoms with Gasteiger partial charge < -0.3 is 54.0 Å². The third-order valence-corrected chi connectivity index (χ3v) is 25.3. The van der Waals surface area contributed by atoms with E-state index in [0.29, 0.717) is 144 Å². The fraction of sp³-hybridized carbons (Fsp3) is 0.255. The molecule has 4 amide bonds. The number of H-pyrrole nitrogens is 4. The number of fused-ring (bicyclic) bond motifs is 6. The standard InChI is InChI=1S/C19H26N4O3.C19H18N2O4.C18H17N3O3.C17H16N4O4S.C16H11ClN2O3.C13H15N3O3/c1-3-23(4-2)12-19(9-5-6-10-19)18-20-15-11-13(16(24)22-26)7-8-14(15)17(25)21-18;1-25-12-15-11-21(10-13-5-3-2-4-6-13)19(23)17-9-14(18(22)20-24)7-8-16(15)17;1-18(2,13-6-4-3-5-7-13)21-11-19-15-9-8-12(16(22)20-24)10-14(15)17(21)23;22-9-13(23)10-1-2-11-12(7-10)19-15(20-16(11)24)14-8-18-17(26-14)21-3-5-25-6-4-21;17-11-4-1-9(2-5-11)15-18-13-7-10(14(21)8-20)3-6-12(13)16(22)19-15;1-7(2)5-11-14-10-6-8(12(17)16-19)3-4-9(10)13(18)15-11/h7-8,11,26H,3-6,9-10,12H2,1-2H3,(H,22,24)(H,20,21,25);2-9,11,24H,10,12H2,1H3,(H,20,22);3-11,24H,1-2H3,(H,20,22);1-2,7-8,22H,3-6,9H2,(H,19,20,24);1-7,20H,8H2,(H,18,19,22);3-4,6-7,19H,5H2,1-2H3,(H,16,17)(H,14,15,18). The van der Waals surface area contributed by atoms with Crippen LogP contribution in [0.2, 0.25) is 5.02 Å². The molecular formula is C102H103ClN18O20S. The van der Waals surface area contributed by atoms with Gasteiger partial charge in [-0.3, -0.25) is 82.9 Å². The minimum Gasteiger partial charge on any atom is -0.388 e. The van der Waals surface area contributed by atoms with E-state index in [4.69, 9.17) is 57.1 Å². The van der Waals surface area contributed by atoms with Crippen molar-refractivity contribution in [1.29, 1.82) is 0 Å². The summed E-state index contributed by atoms with van der Waals surface area (Å²) in [5.74, 6) is -0.943. The van der Waals surface area contributed by atoms with Crippen LogP contribution in [0.4, 0.5) is 5.13 Å². The molecule has 8 heterocycles. The van der Waals surface area contributed by atoms with Gasteiger partial charge in [0.05, 0.1) is 104 Å². The molecule has 18 rings (SSSR count). The van der Waals surface area contributed by atoms with E-state index in [2.05, 4.69) is 68.5 Å². The molecule has 142 heavy (non-hydrogen) atoms. The number of aromatic nitrogens is 12. The second-order valence-corrected chi connectivity index (χ2v) is 35.6. The first kappa shape index (κ1) is 104. The van der Waals surface area contributed by atoms with Crippen molar-refractivity contribution in [2.45, 2.75) is 97.8 Å². The van der Waals surface area contributed by atoms with E-state index in [1.807, 2.05) is 88.4 Å². The second kappa shape index (κ2) is 47.4. The summed E-state index contributed by atoms with van der Waals surface area (Å²) in [6.45, 7) is 17.5. The number of hydroxylamine groups is 4. The number of amides is 4. The Morgan fingerprint density at radius 3 is 1.54 bits per heavy atom. The first-order valence-electron chi connectivity index (χ1n) is 45.1. The van der Waals surface area contributed by atoms with Crippen LogP contribution in [0.15, 0.2) is 242 Å². The summed E-state index contributed by atoms with van der Waals surface area (Å²) in [6, 6.07) is 53.7. The topological polar surface area (TPSA) is 550 Å². The van der Waals surface area contributed by atoms with Gasteiger partial charge in [0.1, 0.15) is 30.7 Å². The minimum absolute atomic E-state index is 0.158. The van der Waals surface area contributed by atoms with E-state index in [0.717, 1.165) is 90.5 Å². The number of likely N-dealkylation sites (N-methyl/N-ethyl adjacent to an activating group) is 1. The van der Waals surface area contributed by atoms with Gasteiger partial charge in [0.2, 0.25) is 0 Å². The van der Waals surface area contributed by atoms with Gasteiger partial charge in [0.15, 0.2) is 22.5 Å². The number of nitrogens with one attached hydrogen (secondary N) is 8. The lowest BCUT2D eigenvalue weighted by molar-refractivity contribution is 0.0702. The maximum atomic E-state index is 12.9. The van der Waals surface area contributed by atoms with Gasteiger partial charge in [0.25, 0.3) is 57.0 Å². The zero-order valence-electron chi connectivity index (χ0n) is 78.3. The molecule has 40 heteroatoms. The number of aromatic amines is 4. The maximum absolute atomic E-state index is 12.9. The van der Waals surface area contributed by atoms with Crippen molar-refractivity contribution in [1.82, 2.24) is 85.8 Å². The summed E-state index contributed by atoms with van der Waals surface area (Å²) >= 11 is 7.29. The highest BCUT2D eigenvalue weighted by Gasteiger charge is 2.40. The van der Waals surface area contributed by atoms with Crippen LogP contribution in [0.25, 0.3) is 87.4 Å². The number of ketones is 2. The Balaban J connectivity index is 0.000000144. The number of hydrogen-bond donors (Lipinski definition) is 14. The number of Topliss-reactive ketones (excluding diaryl/α,β-unsaturated/α-hetero) is 2. The Labute approximate surface area is 817 Å². The Hall–Kier alpha value is -15.5. The fourth-order valence-electron chi connectivity index (χ4n) is 16.4. The van der Waals surface area contributed by atoms with Crippen LogP contribution in [-0.4, -0.2) is 196 Å². The molecule has 0 spiro atoms. The molecule has 0 bridgehead atoms.